The molecule has 2 unspecified atom stereocenters. The second kappa shape index (κ2) is 31.8. The third kappa shape index (κ3) is 24.5. The van der Waals surface area contributed by atoms with Crippen LogP contribution in [-0.4, -0.2) is 64.5 Å². The molecule has 4 heterocycles. The summed E-state index contributed by atoms with van der Waals surface area (Å²) < 4.78 is 5.18. The highest BCUT2D eigenvalue weighted by atomic mass is 16.5. The van der Waals surface area contributed by atoms with Crippen molar-refractivity contribution in [1.29, 1.82) is 0 Å². The van der Waals surface area contributed by atoms with E-state index in [1.54, 1.807) is 36.8 Å². The zero-order chi connectivity index (χ0) is 41.8. The number of ether oxygens (including phenoxy) is 1. The van der Waals surface area contributed by atoms with Gasteiger partial charge in [0.1, 0.15) is 0 Å². The van der Waals surface area contributed by atoms with Crippen LogP contribution in [0.1, 0.15) is 188 Å². The van der Waals surface area contributed by atoms with Gasteiger partial charge in [-0.15, -0.1) is 0 Å². The summed E-state index contributed by atoms with van der Waals surface area (Å²) in [6.45, 7) is 25.6. The molecule has 7 atom stereocenters. The van der Waals surface area contributed by atoms with Crippen LogP contribution < -0.4 is 16.1 Å². The minimum absolute atomic E-state index is 0.814. The van der Waals surface area contributed by atoms with Gasteiger partial charge in [-0.1, -0.05) is 131 Å². The summed E-state index contributed by atoms with van der Waals surface area (Å²) >= 11 is 0. The maximum absolute atomic E-state index is 5.18. The molecule has 0 amide bonds. The van der Waals surface area contributed by atoms with Crippen molar-refractivity contribution in [1.82, 2.24) is 21.1 Å². The van der Waals surface area contributed by atoms with Crippen LogP contribution in [0.3, 0.4) is 0 Å². The summed E-state index contributed by atoms with van der Waals surface area (Å²) in [5, 5.41) is 8.85. The quantitative estimate of drug-likeness (QED) is 0.244. The van der Waals surface area contributed by atoms with Crippen molar-refractivity contribution in [3.8, 4) is 0 Å². The predicted octanol–water partition coefficient (Wildman–Crippen LogP) is 12.9. The lowest BCUT2D eigenvalue weighted by Gasteiger charge is -2.38. The summed E-state index contributed by atoms with van der Waals surface area (Å²) in [5.41, 5.74) is 6.40. The van der Waals surface area contributed by atoms with E-state index in [1.807, 2.05) is 0 Å². The van der Waals surface area contributed by atoms with E-state index in [9.17, 15) is 0 Å². The number of nitrogens with zero attached hydrogens (tertiary/aromatic N) is 1. The van der Waals surface area contributed by atoms with Crippen LogP contribution in [0.2, 0.25) is 0 Å². The van der Waals surface area contributed by atoms with Gasteiger partial charge in [0.2, 0.25) is 0 Å². The molecule has 4 saturated heterocycles. The van der Waals surface area contributed by atoms with Crippen LogP contribution in [0.25, 0.3) is 0 Å². The van der Waals surface area contributed by atoms with Gasteiger partial charge in [-0.05, 0) is 174 Å². The van der Waals surface area contributed by atoms with Crippen LogP contribution >= 0.6 is 0 Å². The van der Waals surface area contributed by atoms with Crippen LogP contribution in [0, 0.1) is 53.3 Å². The van der Waals surface area contributed by atoms with Crippen LogP contribution in [0.5, 0.6) is 0 Å². The molecule has 4 aliphatic carbocycles. The molecule has 5 nitrogen and oxygen atoms in total. The Balaban J connectivity index is 0.000000183. The highest BCUT2D eigenvalue weighted by Crippen LogP contribution is 2.42. The first-order valence-electron chi connectivity index (χ1n) is 25.6. The molecule has 8 aliphatic rings. The van der Waals surface area contributed by atoms with Crippen molar-refractivity contribution in [3.63, 3.8) is 0 Å². The smallest absolute Gasteiger partial charge is 0.0491 e. The van der Waals surface area contributed by atoms with Gasteiger partial charge >= 0.3 is 0 Å². The van der Waals surface area contributed by atoms with Gasteiger partial charge in [0.05, 0.1) is 0 Å². The van der Waals surface area contributed by atoms with Crippen molar-refractivity contribution in [3.05, 3.63) is 35.4 Å². The number of piperidine rings is 1. The Labute approximate surface area is 362 Å². The van der Waals surface area contributed by atoms with Crippen molar-refractivity contribution >= 4 is 0 Å². The molecule has 1 aromatic carbocycles. The lowest BCUT2D eigenvalue weighted by atomic mass is 9.68. The third-order valence-corrected chi connectivity index (χ3v) is 14.5. The normalized spacial score (nSPS) is 31.5. The molecule has 0 aromatic heterocycles. The summed E-state index contributed by atoms with van der Waals surface area (Å²) in [5.74, 6) is 8.87. The van der Waals surface area contributed by atoms with Crippen molar-refractivity contribution in [2.24, 2.45) is 53.3 Å². The molecular weight excluding hydrogens is 709 g/mol. The van der Waals surface area contributed by atoms with Crippen molar-refractivity contribution in [2.45, 2.75) is 190 Å². The fraction of sp³-hybridized carbons (Fsp3) is 0.887. The first kappa shape index (κ1) is 51.4. The van der Waals surface area contributed by atoms with E-state index in [0.29, 0.717) is 0 Å². The van der Waals surface area contributed by atoms with E-state index in [1.165, 1.54) is 148 Å². The maximum atomic E-state index is 5.18. The molecule has 9 rings (SSSR count). The van der Waals surface area contributed by atoms with E-state index in [4.69, 9.17) is 4.74 Å². The largest absolute Gasteiger partial charge is 0.381 e. The topological polar surface area (TPSA) is 48.6 Å². The van der Waals surface area contributed by atoms with E-state index < -0.39 is 0 Å². The number of benzene rings is 1. The number of hydrogen-bond donors (Lipinski definition) is 3. The standard InChI is InChI=1S/C11H20.C11H14.C7H15N.C6H14N2.C6H13N.C6H12O.C6H12/c2*1-9-6-7-10-4-2-3-5-11(10)8-9;1-7-3-2-5-8-6-4-7;1-6-3-4-7-8(2)5-6;1-6-2-4-7-5-3-6;1-6-3-2-4-7-5-6;1-6-4-2-3-5-6/h9-11H,2-8H2,1H3;2-5,9H,6-8H2,1H3;7-8H,2-6H2,1H3;6-7H,3-5H2,1-2H3;6-7H,2-5H2,1H3;6H,2-5H2,1H3;6H,2-5H2,1H3/t9-,10?,11?;9-;7-;6-;;6-;/m1111.0./s1. The van der Waals surface area contributed by atoms with Gasteiger partial charge in [-0.2, -0.15) is 0 Å². The highest BCUT2D eigenvalue weighted by Gasteiger charge is 2.30. The molecule has 0 spiro atoms. The molecule has 7 fully saturated rings. The van der Waals surface area contributed by atoms with Crippen LogP contribution in [0.4, 0.5) is 0 Å². The number of rotatable bonds is 0. The average molecular weight is 809 g/mol. The van der Waals surface area contributed by atoms with Gasteiger partial charge in [0, 0.05) is 33.4 Å². The molecule has 3 N–H and O–H groups in total. The van der Waals surface area contributed by atoms with E-state index in [-0.39, 0.29) is 0 Å². The number of fused-ring (bicyclic) bond motifs is 2. The minimum atomic E-state index is 0.814. The fourth-order valence-corrected chi connectivity index (χ4v) is 10.3. The Bertz CT molecular complexity index is 1060. The van der Waals surface area contributed by atoms with Gasteiger partial charge in [-0.3, -0.25) is 5.43 Å². The summed E-state index contributed by atoms with van der Waals surface area (Å²) in [4.78, 5) is 0. The molecule has 58 heavy (non-hydrogen) atoms. The number of hydrogen-bond acceptors (Lipinski definition) is 5. The Morgan fingerprint density at radius 1 is 0.483 bits per heavy atom. The van der Waals surface area contributed by atoms with Gasteiger partial charge < -0.3 is 15.4 Å². The van der Waals surface area contributed by atoms with Crippen molar-refractivity contribution < 1.29 is 4.74 Å². The Hall–Kier alpha value is -0.980. The van der Waals surface area contributed by atoms with Crippen LogP contribution in [-0.2, 0) is 17.6 Å². The molecule has 0 bridgehead atoms. The monoisotopic (exact) mass is 809 g/mol. The third-order valence-electron chi connectivity index (χ3n) is 14.5. The Morgan fingerprint density at radius 3 is 1.60 bits per heavy atom. The molecule has 1 aromatic rings. The van der Waals surface area contributed by atoms with E-state index >= 15 is 0 Å². The minimum Gasteiger partial charge on any atom is -0.381 e. The first-order chi connectivity index (χ1) is 28.1. The molecule has 5 heteroatoms. The van der Waals surface area contributed by atoms with Crippen LogP contribution in [0.15, 0.2) is 24.3 Å². The predicted molar refractivity (Wildman–Crippen MR) is 255 cm³/mol. The molecule has 0 radical (unpaired) electrons. The lowest BCUT2D eigenvalue weighted by Crippen LogP contribution is -2.43. The summed E-state index contributed by atoms with van der Waals surface area (Å²) in [6, 6.07) is 8.83. The van der Waals surface area contributed by atoms with Gasteiger partial charge in [-0.25, -0.2) is 5.01 Å². The number of nitrogens with one attached hydrogen (secondary N) is 3. The van der Waals surface area contributed by atoms with Gasteiger partial charge in [0.15, 0.2) is 0 Å². The summed E-state index contributed by atoms with van der Waals surface area (Å²) in [7, 11) is 2.09. The first-order valence-corrected chi connectivity index (χ1v) is 25.6. The number of hydrazine groups is 1. The Kier molecular flexibility index (Phi) is 28.2. The van der Waals surface area contributed by atoms with Crippen molar-refractivity contribution in [2.75, 3.05) is 59.5 Å². The lowest BCUT2D eigenvalue weighted by molar-refractivity contribution is 0.0616. The SMILES string of the molecule is CC1CCCC1.CC1CCNCC1.C[C@@H]1CCC2CCCCC2C1.C[C@@H]1CCCNCC1.C[C@@H]1CCNN(C)C1.C[C@@H]1CCc2ccccc2C1.C[C@H]1CCCOC1. The summed E-state index contributed by atoms with van der Waals surface area (Å²) in [6.07, 6.45) is 31.5. The fourth-order valence-electron chi connectivity index (χ4n) is 10.3. The van der Waals surface area contributed by atoms with E-state index in [2.05, 4.69) is 101 Å². The second-order valence-electron chi connectivity index (χ2n) is 21.0. The number of aryl methyl sites for hydroxylation is 1. The molecule has 3 saturated carbocycles. The van der Waals surface area contributed by atoms with E-state index in [0.717, 1.165) is 73.0 Å². The molecular formula is C53H100N4O. The zero-order valence-corrected chi connectivity index (χ0v) is 40.1. The molecule has 338 valence electrons. The average Bonchev–Trinajstić information content (AvgIpc) is 3.59. The van der Waals surface area contributed by atoms with Gasteiger partial charge in [0.25, 0.3) is 0 Å². The maximum Gasteiger partial charge on any atom is 0.0491 e. The molecule has 4 aliphatic heterocycles. The highest BCUT2D eigenvalue weighted by molar-refractivity contribution is 5.29. The Morgan fingerprint density at radius 2 is 1.05 bits per heavy atom. The second-order valence-corrected chi connectivity index (χ2v) is 21.0. The zero-order valence-electron chi connectivity index (χ0n) is 40.1.